The summed E-state index contributed by atoms with van der Waals surface area (Å²) in [6.45, 7) is 2.09. The quantitative estimate of drug-likeness (QED) is 0.392. The first kappa shape index (κ1) is 14.1. The SMILES string of the molecule is Cc1ccc(Nc2ccc3c(c2)Oc2cccc4cccc-3c24)cc1. The third-order valence-electron chi connectivity index (χ3n) is 4.70. The van der Waals surface area contributed by atoms with E-state index in [4.69, 9.17) is 4.74 Å². The lowest BCUT2D eigenvalue weighted by molar-refractivity contribution is 0.487. The van der Waals surface area contributed by atoms with Crippen LogP contribution in [0, 0.1) is 6.92 Å². The number of ether oxygens (including phenoxy) is 1. The van der Waals surface area contributed by atoms with Gasteiger partial charge < -0.3 is 10.1 Å². The van der Waals surface area contributed by atoms with E-state index in [2.05, 4.69) is 79.0 Å². The highest BCUT2D eigenvalue weighted by Crippen LogP contribution is 2.47. The summed E-state index contributed by atoms with van der Waals surface area (Å²) in [5.74, 6) is 1.82. The van der Waals surface area contributed by atoms with Crippen molar-refractivity contribution in [1.29, 1.82) is 0 Å². The van der Waals surface area contributed by atoms with E-state index in [9.17, 15) is 0 Å². The molecule has 120 valence electrons. The second kappa shape index (κ2) is 5.38. The van der Waals surface area contributed by atoms with Crippen molar-refractivity contribution in [3.05, 3.63) is 84.4 Å². The lowest BCUT2D eigenvalue weighted by Crippen LogP contribution is -1.98. The molecule has 0 bridgehead atoms. The molecule has 2 heteroatoms. The van der Waals surface area contributed by atoms with Crippen molar-refractivity contribution in [2.24, 2.45) is 0 Å². The third kappa shape index (κ3) is 2.34. The minimum atomic E-state index is 0.892. The van der Waals surface area contributed by atoms with E-state index in [-0.39, 0.29) is 0 Å². The first-order chi connectivity index (χ1) is 12.3. The summed E-state index contributed by atoms with van der Waals surface area (Å²) in [7, 11) is 0. The molecule has 0 aliphatic carbocycles. The lowest BCUT2D eigenvalue weighted by Gasteiger charge is -2.22. The fourth-order valence-electron chi connectivity index (χ4n) is 3.45. The first-order valence-corrected chi connectivity index (χ1v) is 8.46. The van der Waals surface area contributed by atoms with Crippen LogP contribution in [0.4, 0.5) is 11.4 Å². The van der Waals surface area contributed by atoms with E-state index in [1.807, 2.05) is 12.1 Å². The fourth-order valence-corrected chi connectivity index (χ4v) is 3.45. The van der Waals surface area contributed by atoms with Gasteiger partial charge in [-0.25, -0.2) is 0 Å². The second-order valence-electron chi connectivity index (χ2n) is 6.46. The molecule has 1 aliphatic heterocycles. The minimum absolute atomic E-state index is 0.892. The molecule has 0 saturated carbocycles. The maximum atomic E-state index is 6.21. The third-order valence-corrected chi connectivity index (χ3v) is 4.70. The molecule has 0 aromatic heterocycles. The number of benzene rings is 4. The summed E-state index contributed by atoms with van der Waals surface area (Å²) in [6.07, 6.45) is 0. The Morgan fingerprint density at radius 2 is 1.44 bits per heavy atom. The summed E-state index contributed by atoms with van der Waals surface area (Å²) in [4.78, 5) is 0. The van der Waals surface area contributed by atoms with Crippen LogP contribution in [0.5, 0.6) is 11.5 Å². The molecule has 4 aromatic rings. The van der Waals surface area contributed by atoms with Gasteiger partial charge in [0, 0.05) is 28.4 Å². The fraction of sp³-hybridized carbons (Fsp3) is 0.0435. The van der Waals surface area contributed by atoms with E-state index in [0.717, 1.165) is 28.4 Å². The molecule has 1 aliphatic rings. The lowest BCUT2D eigenvalue weighted by atomic mass is 9.94. The van der Waals surface area contributed by atoms with Crippen molar-refractivity contribution in [3.8, 4) is 22.6 Å². The molecular formula is C23H17NO. The number of rotatable bonds is 2. The van der Waals surface area contributed by atoms with Gasteiger partial charge >= 0.3 is 0 Å². The van der Waals surface area contributed by atoms with Crippen LogP contribution in [-0.2, 0) is 0 Å². The van der Waals surface area contributed by atoms with E-state index in [0.29, 0.717) is 0 Å². The molecule has 4 aromatic carbocycles. The standard InChI is InChI=1S/C23H17NO/c1-15-8-10-17(11-9-15)24-18-12-13-19-20-6-2-4-16-5-3-7-21(23(16)20)25-22(19)14-18/h2-14,24H,1H3. The summed E-state index contributed by atoms with van der Waals surface area (Å²) < 4.78 is 6.21. The van der Waals surface area contributed by atoms with Crippen molar-refractivity contribution in [2.75, 3.05) is 5.32 Å². The molecule has 0 atom stereocenters. The van der Waals surface area contributed by atoms with Gasteiger partial charge in [0.2, 0.25) is 0 Å². The Morgan fingerprint density at radius 1 is 0.680 bits per heavy atom. The van der Waals surface area contributed by atoms with Crippen molar-refractivity contribution < 1.29 is 4.74 Å². The number of hydrogen-bond donors (Lipinski definition) is 1. The Kier molecular flexibility index (Phi) is 3.04. The minimum Gasteiger partial charge on any atom is -0.456 e. The highest BCUT2D eigenvalue weighted by Gasteiger charge is 2.19. The summed E-state index contributed by atoms with van der Waals surface area (Å²) in [6, 6.07) is 27.3. The number of aryl methyl sites for hydroxylation is 1. The van der Waals surface area contributed by atoms with E-state index in [1.54, 1.807) is 0 Å². The molecule has 0 amide bonds. The van der Waals surface area contributed by atoms with Crippen LogP contribution in [0.25, 0.3) is 21.9 Å². The Hall–Kier alpha value is -3.26. The van der Waals surface area contributed by atoms with E-state index < -0.39 is 0 Å². The number of nitrogens with one attached hydrogen (secondary N) is 1. The number of anilines is 2. The summed E-state index contributed by atoms with van der Waals surface area (Å²) in [5.41, 5.74) is 5.72. The van der Waals surface area contributed by atoms with Crippen LogP contribution in [0.3, 0.4) is 0 Å². The van der Waals surface area contributed by atoms with Crippen LogP contribution in [0.2, 0.25) is 0 Å². The monoisotopic (exact) mass is 323 g/mol. The molecule has 0 spiro atoms. The highest BCUT2D eigenvalue weighted by molar-refractivity contribution is 6.04. The predicted octanol–water partition coefficient (Wildman–Crippen LogP) is 6.66. The van der Waals surface area contributed by atoms with Crippen LogP contribution in [-0.4, -0.2) is 0 Å². The molecule has 0 fully saturated rings. The Balaban J connectivity index is 1.59. The van der Waals surface area contributed by atoms with Crippen LogP contribution in [0.1, 0.15) is 5.56 Å². The summed E-state index contributed by atoms with van der Waals surface area (Å²) in [5, 5.41) is 5.85. The zero-order chi connectivity index (χ0) is 16.8. The van der Waals surface area contributed by atoms with Crippen LogP contribution < -0.4 is 10.1 Å². The second-order valence-corrected chi connectivity index (χ2v) is 6.46. The Bertz CT molecular complexity index is 1090. The number of hydrogen-bond acceptors (Lipinski definition) is 2. The Morgan fingerprint density at radius 3 is 2.28 bits per heavy atom. The highest BCUT2D eigenvalue weighted by atomic mass is 16.5. The molecule has 25 heavy (non-hydrogen) atoms. The smallest absolute Gasteiger partial charge is 0.137 e. The van der Waals surface area contributed by atoms with Crippen molar-refractivity contribution >= 4 is 22.1 Å². The van der Waals surface area contributed by atoms with Crippen molar-refractivity contribution in [3.63, 3.8) is 0 Å². The summed E-state index contributed by atoms with van der Waals surface area (Å²) >= 11 is 0. The topological polar surface area (TPSA) is 21.3 Å². The van der Waals surface area contributed by atoms with E-state index in [1.165, 1.54) is 21.9 Å². The molecule has 0 saturated heterocycles. The van der Waals surface area contributed by atoms with Gasteiger partial charge in [-0.15, -0.1) is 0 Å². The molecule has 5 rings (SSSR count). The van der Waals surface area contributed by atoms with Gasteiger partial charge in [-0.2, -0.15) is 0 Å². The molecule has 2 nitrogen and oxygen atoms in total. The van der Waals surface area contributed by atoms with Crippen LogP contribution >= 0.6 is 0 Å². The maximum absolute atomic E-state index is 6.21. The zero-order valence-corrected chi connectivity index (χ0v) is 13.9. The largest absolute Gasteiger partial charge is 0.456 e. The van der Waals surface area contributed by atoms with Gasteiger partial charge in [-0.3, -0.25) is 0 Å². The van der Waals surface area contributed by atoms with Gasteiger partial charge in [0.05, 0.1) is 0 Å². The van der Waals surface area contributed by atoms with Gasteiger partial charge in [0.1, 0.15) is 11.5 Å². The van der Waals surface area contributed by atoms with Gasteiger partial charge in [-0.1, -0.05) is 48.0 Å². The maximum Gasteiger partial charge on any atom is 0.137 e. The van der Waals surface area contributed by atoms with Gasteiger partial charge in [-0.05, 0) is 48.2 Å². The normalized spacial score (nSPS) is 11.7. The molecule has 0 radical (unpaired) electrons. The van der Waals surface area contributed by atoms with Gasteiger partial charge in [0.25, 0.3) is 0 Å². The predicted molar refractivity (Wildman–Crippen MR) is 104 cm³/mol. The zero-order valence-electron chi connectivity index (χ0n) is 13.9. The average Bonchev–Trinajstić information content (AvgIpc) is 2.64. The average molecular weight is 323 g/mol. The first-order valence-electron chi connectivity index (χ1n) is 8.46. The van der Waals surface area contributed by atoms with Crippen molar-refractivity contribution in [2.45, 2.75) is 6.92 Å². The van der Waals surface area contributed by atoms with Crippen LogP contribution in [0.15, 0.2) is 78.9 Å². The molecule has 1 N–H and O–H groups in total. The number of fused-ring (bicyclic) bond motifs is 2. The van der Waals surface area contributed by atoms with Gasteiger partial charge in [0.15, 0.2) is 0 Å². The van der Waals surface area contributed by atoms with E-state index >= 15 is 0 Å². The molecular weight excluding hydrogens is 306 g/mol. The molecule has 0 unspecified atom stereocenters. The molecule has 1 heterocycles. The Labute approximate surface area is 146 Å². The van der Waals surface area contributed by atoms with Crippen molar-refractivity contribution in [1.82, 2.24) is 0 Å².